The van der Waals surface area contributed by atoms with Crippen molar-refractivity contribution < 1.29 is 14.4 Å². The van der Waals surface area contributed by atoms with Crippen LogP contribution in [0.1, 0.15) is 0 Å². The van der Waals surface area contributed by atoms with Gasteiger partial charge in [-0.2, -0.15) is 5.06 Å². The number of rotatable bonds is 2. The molecule has 0 amide bonds. The SMILES string of the molecule is OP(O)ON1CC1. The van der Waals surface area contributed by atoms with E-state index in [1.807, 2.05) is 0 Å². The molecule has 0 radical (unpaired) electrons. The van der Waals surface area contributed by atoms with Gasteiger partial charge in [-0.3, -0.25) is 0 Å². The van der Waals surface area contributed by atoms with E-state index in [0.717, 1.165) is 13.1 Å². The molecule has 0 saturated carbocycles. The highest BCUT2D eigenvalue weighted by Crippen LogP contribution is 2.29. The maximum absolute atomic E-state index is 8.12. The monoisotopic (exact) mass is 123 g/mol. The smallest absolute Gasteiger partial charge is 0.327 e. The van der Waals surface area contributed by atoms with Gasteiger partial charge in [0, 0.05) is 13.1 Å². The topological polar surface area (TPSA) is 52.7 Å². The van der Waals surface area contributed by atoms with Gasteiger partial charge in [0.05, 0.1) is 0 Å². The Kier molecular flexibility index (Phi) is 1.57. The van der Waals surface area contributed by atoms with E-state index in [0.29, 0.717) is 0 Å². The molecule has 0 atom stereocenters. The zero-order valence-electron chi connectivity index (χ0n) is 3.61. The summed E-state index contributed by atoms with van der Waals surface area (Å²) in [5, 5.41) is 1.48. The molecule has 1 fully saturated rings. The lowest BCUT2D eigenvalue weighted by atomic mass is 11.0. The Morgan fingerprint density at radius 2 is 2.00 bits per heavy atom. The molecule has 2 N–H and O–H groups in total. The van der Waals surface area contributed by atoms with E-state index >= 15 is 0 Å². The largest absolute Gasteiger partial charge is 0.345 e. The van der Waals surface area contributed by atoms with Crippen molar-refractivity contribution in [3.63, 3.8) is 0 Å². The summed E-state index contributed by atoms with van der Waals surface area (Å²) < 4.78 is 4.37. The van der Waals surface area contributed by atoms with Crippen molar-refractivity contribution in [2.45, 2.75) is 0 Å². The van der Waals surface area contributed by atoms with Gasteiger partial charge in [0.2, 0.25) is 0 Å². The van der Waals surface area contributed by atoms with Crippen LogP contribution in [0.3, 0.4) is 0 Å². The van der Waals surface area contributed by atoms with E-state index < -0.39 is 8.60 Å². The Morgan fingerprint density at radius 3 is 2.14 bits per heavy atom. The molecule has 0 aromatic heterocycles. The van der Waals surface area contributed by atoms with Crippen molar-refractivity contribution in [3.05, 3.63) is 0 Å². The van der Waals surface area contributed by atoms with Crippen LogP contribution in [-0.2, 0) is 4.62 Å². The average molecular weight is 123 g/mol. The fraction of sp³-hybridized carbons (Fsp3) is 1.00. The van der Waals surface area contributed by atoms with E-state index in [9.17, 15) is 0 Å². The predicted molar refractivity (Wildman–Crippen MR) is 24.0 cm³/mol. The second kappa shape index (κ2) is 2.03. The quantitative estimate of drug-likeness (QED) is 0.382. The Hall–Kier alpha value is 0.270. The van der Waals surface area contributed by atoms with Gasteiger partial charge >= 0.3 is 8.60 Å². The van der Waals surface area contributed by atoms with Gasteiger partial charge in [-0.1, -0.05) is 0 Å². The molecule has 1 aliphatic rings. The molecule has 1 heterocycles. The highest BCUT2D eigenvalue weighted by Gasteiger charge is 2.21. The van der Waals surface area contributed by atoms with E-state index in [2.05, 4.69) is 4.62 Å². The van der Waals surface area contributed by atoms with Crippen LogP contribution in [0.15, 0.2) is 0 Å². The normalized spacial score (nSPS) is 21.0. The second-order valence-corrected chi connectivity index (χ2v) is 1.93. The third kappa shape index (κ3) is 2.16. The molecule has 0 bridgehead atoms. The lowest BCUT2D eigenvalue weighted by molar-refractivity contribution is 0.0515. The van der Waals surface area contributed by atoms with Gasteiger partial charge < -0.3 is 9.79 Å². The second-order valence-electron chi connectivity index (χ2n) is 1.26. The van der Waals surface area contributed by atoms with E-state index in [4.69, 9.17) is 9.79 Å². The van der Waals surface area contributed by atoms with Gasteiger partial charge in [-0.25, -0.2) is 4.62 Å². The molecule has 0 unspecified atom stereocenters. The highest BCUT2D eigenvalue weighted by atomic mass is 31.2. The van der Waals surface area contributed by atoms with Crippen molar-refractivity contribution >= 4 is 8.60 Å². The van der Waals surface area contributed by atoms with E-state index in [1.54, 1.807) is 0 Å². The highest BCUT2D eigenvalue weighted by molar-refractivity contribution is 7.39. The molecule has 0 spiro atoms. The minimum Gasteiger partial charge on any atom is -0.327 e. The van der Waals surface area contributed by atoms with Gasteiger partial charge in [-0.05, 0) is 0 Å². The molecular formula is C2H6NO3P. The van der Waals surface area contributed by atoms with Crippen LogP contribution < -0.4 is 0 Å². The van der Waals surface area contributed by atoms with Gasteiger partial charge in [-0.15, -0.1) is 0 Å². The first-order chi connectivity index (χ1) is 3.29. The Balaban J connectivity index is 1.97. The van der Waals surface area contributed by atoms with Crippen molar-refractivity contribution in [1.29, 1.82) is 0 Å². The molecule has 1 saturated heterocycles. The Bertz CT molecular complexity index is 64.0. The summed E-state index contributed by atoms with van der Waals surface area (Å²) in [5.41, 5.74) is 0. The fourth-order valence-corrected chi connectivity index (χ4v) is 0.596. The maximum atomic E-state index is 8.12. The number of hydrogen-bond donors (Lipinski definition) is 2. The minimum absolute atomic E-state index is 0.819. The van der Waals surface area contributed by atoms with Crippen molar-refractivity contribution in [2.75, 3.05) is 13.1 Å². The zero-order chi connectivity index (χ0) is 5.28. The Morgan fingerprint density at radius 1 is 1.43 bits per heavy atom. The first-order valence-corrected chi connectivity index (χ1v) is 3.06. The van der Waals surface area contributed by atoms with Crippen LogP contribution >= 0.6 is 8.60 Å². The van der Waals surface area contributed by atoms with Gasteiger partial charge in [0.15, 0.2) is 0 Å². The predicted octanol–water partition coefficient (Wildman–Crippen LogP) is -0.555. The van der Waals surface area contributed by atoms with Crippen LogP contribution in [-0.4, -0.2) is 27.9 Å². The number of nitrogens with zero attached hydrogens (tertiary/aromatic N) is 1. The number of hydroxylamine groups is 2. The van der Waals surface area contributed by atoms with Gasteiger partial charge in [0.25, 0.3) is 0 Å². The molecule has 7 heavy (non-hydrogen) atoms. The summed E-state index contributed by atoms with van der Waals surface area (Å²) in [7, 11) is -2.15. The summed E-state index contributed by atoms with van der Waals surface area (Å²) in [6.45, 7) is 1.64. The molecule has 1 rings (SSSR count). The molecule has 1 aliphatic heterocycles. The first kappa shape index (κ1) is 5.41. The summed E-state index contributed by atoms with van der Waals surface area (Å²) in [5.74, 6) is 0. The van der Waals surface area contributed by atoms with Crippen molar-refractivity contribution in [3.8, 4) is 0 Å². The van der Waals surface area contributed by atoms with Crippen LogP contribution in [0, 0.1) is 0 Å². The Labute approximate surface area is 42.3 Å². The summed E-state index contributed by atoms with van der Waals surface area (Å²) >= 11 is 0. The summed E-state index contributed by atoms with van der Waals surface area (Å²) in [6.07, 6.45) is 0. The average Bonchev–Trinajstić information content (AvgIpc) is 2.17. The van der Waals surface area contributed by atoms with Gasteiger partial charge in [0.1, 0.15) is 0 Å². The third-order valence-electron chi connectivity index (χ3n) is 0.595. The lowest BCUT2D eigenvalue weighted by Gasteiger charge is -1.98. The fourth-order valence-electron chi connectivity index (χ4n) is 0.226. The minimum atomic E-state index is -2.15. The molecule has 0 aliphatic carbocycles. The van der Waals surface area contributed by atoms with Crippen LogP contribution in [0.4, 0.5) is 0 Å². The molecule has 42 valence electrons. The molecule has 0 aromatic rings. The maximum Gasteiger partial charge on any atom is 0.345 e. The first-order valence-electron chi connectivity index (χ1n) is 1.90. The van der Waals surface area contributed by atoms with Crippen LogP contribution in [0.2, 0.25) is 0 Å². The van der Waals surface area contributed by atoms with E-state index in [-0.39, 0.29) is 0 Å². The molecule has 4 nitrogen and oxygen atoms in total. The molecular weight excluding hydrogens is 117 g/mol. The molecule has 0 aromatic carbocycles. The van der Waals surface area contributed by atoms with Crippen molar-refractivity contribution in [1.82, 2.24) is 5.06 Å². The standard InChI is InChI=1S/C2H6NO3P/c4-7(5)6-3-1-2-3/h4-5H,1-2H2. The van der Waals surface area contributed by atoms with Crippen LogP contribution in [0.25, 0.3) is 0 Å². The summed E-state index contributed by atoms with van der Waals surface area (Å²) in [4.78, 5) is 16.2. The number of hydrogen-bond acceptors (Lipinski definition) is 4. The van der Waals surface area contributed by atoms with Crippen LogP contribution in [0.5, 0.6) is 0 Å². The zero-order valence-corrected chi connectivity index (χ0v) is 4.51. The van der Waals surface area contributed by atoms with E-state index in [1.165, 1.54) is 5.06 Å². The molecule has 5 heteroatoms. The lowest BCUT2D eigenvalue weighted by Crippen LogP contribution is -1.90. The van der Waals surface area contributed by atoms with Crippen molar-refractivity contribution in [2.24, 2.45) is 0 Å². The third-order valence-corrected chi connectivity index (χ3v) is 0.972. The summed E-state index contributed by atoms with van der Waals surface area (Å²) in [6, 6.07) is 0.